The summed E-state index contributed by atoms with van der Waals surface area (Å²) in [6, 6.07) is 0. The number of hydrogen-bond donors (Lipinski definition) is 1. The van der Waals surface area contributed by atoms with Crippen LogP contribution in [0, 0.1) is 0 Å². The molecule has 0 saturated carbocycles. The number of aliphatic hydroxyl groups is 1. The zero-order chi connectivity index (χ0) is 15.2. The third-order valence-corrected chi connectivity index (χ3v) is 3.88. The summed E-state index contributed by atoms with van der Waals surface area (Å²) in [6.07, 6.45) is 0.276. The van der Waals surface area contributed by atoms with Gasteiger partial charge in [0.15, 0.2) is 12.1 Å². The van der Waals surface area contributed by atoms with Crippen molar-refractivity contribution in [1.29, 1.82) is 0 Å². The third kappa shape index (κ3) is 3.05. The van der Waals surface area contributed by atoms with Gasteiger partial charge in [0.2, 0.25) is 0 Å². The maximum absolute atomic E-state index is 11.1. The molecule has 116 valence electrons. The lowest BCUT2D eigenvalue weighted by Gasteiger charge is -2.32. The van der Waals surface area contributed by atoms with Crippen molar-refractivity contribution in [1.82, 2.24) is 0 Å². The highest BCUT2D eigenvalue weighted by Gasteiger charge is 2.62. The van der Waals surface area contributed by atoms with Gasteiger partial charge < -0.3 is 19.3 Å². The normalized spacial score (nSPS) is 39.7. The van der Waals surface area contributed by atoms with E-state index in [9.17, 15) is 13.5 Å². The molecule has 4 atom stereocenters. The molecule has 0 aliphatic carbocycles. The summed E-state index contributed by atoms with van der Waals surface area (Å²) in [4.78, 5) is 0. The molecule has 2 heterocycles. The zero-order valence-electron chi connectivity index (χ0n) is 11.7. The van der Waals surface area contributed by atoms with Gasteiger partial charge in [0, 0.05) is 0 Å². The molecular weight excluding hydrogens is 288 g/mol. The van der Waals surface area contributed by atoms with Crippen LogP contribution in [-0.4, -0.2) is 56.3 Å². The van der Waals surface area contributed by atoms with E-state index in [4.69, 9.17) is 18.4 Å². The Bertz CT molecular complexity index is 486. The van der Waals surface area contributed by atoms with Crippen LogP contribution in [0.15, 0.2) is 12.7 Å². The van der Waals surface area contributed by atoms with E-state index in [1.54, 1.807) is 13.8 Å². The van der Waals surface area contributed by atoms with E-state index in [0.29, 0.717) is 0 Å². The minimum atomic E-state index is -3.62. The van der Waals surface area contributed by atoms with Crippen molar-refractivity contribution in [2.45, 2.75) is 50.2 Å². The molecular formula is C12H20O7S. The van der Waals surface area contributed by atoms with Crippen LogP contribution in [0.5, 0.6) is 0 Å². The lowest BCUT2D eigenvalue weighted by atomic mass is 9.89. The third-order valence-electron chi connectivity index (χ3n) is 3.31. The Morgan fingerprint density at radius 2 is 2.05 bits per heavy atom. The van der Waals surface area contributed by atoms with E-state index < -0.39 is 40.0 Å². The molecule has 2 fully saturated rings. The van der Waals surface area contributed by atoms with Crippen LogP contribution in [0.2, 0.25) is 0 Å². The molecule has 2 aliphatic rings. The molecule has 2 aliphatic heterocycles. The Morgan fingerprint density at radius 3 is 2.60 bits per heavy atom. The van der Waals surface area contributed by atoms with Crippen molar-refractivity contribution in [2.75, 3.05) is 12.9 Å². The van der Waals surface area contributed by atoms with Gasteiger partial charge in [-0.05, 0) is 20.3 Å². The minimum absolute atomic E-state index is 0.172. The summed E-state index contributed by atoms with van der Waals surface area (Å²) in [6.45, 7) is 6.72. The molecule has 0 aromatic rings. The van der Waals surface area contributed by atoms with Crippen LogP contribution < -0.4 is 0 Å². The molecule has 8 heteroatoms. The highest BCUT2D eigenvalue weighted by Crippen LogP contribution is 2.44. The van der Waals surface area contributed by atoms with Gasteiger partial charge >= 0.3 is 0 Å². The van der Waals surface area contributed by atoms with E-state index in [2.05, 4.69) is 6.58 Å². The highest BCUT2D eigenvalue weighted by molar-refractivity contribution is 7.85. The van der Waals surface area contributed by atoms with Gasteiger partial charge in [-0.1, -0.05) is 6.08 Å². The molecule has 0 bridgehead atoms. The first-order valence-electron chi connectivity index (χ1n) is 6.26. The summed E-state index contributed by atoms with van der Waals surface area (Å²) in [5.41, 5.74) is -1.44. The minimum Gasteiger partial charge on any atom is -0.384 e. The summed E-state index contributed by atoms with van der Waals surface area (Å²) < 4.78 is 43.6. The number of fused-ring (bicyclic) bond motifs is 1. The van der Waals surface area contributed by atoms with Gasteiger partial charge in [0.25, 0.3) is 10.1 Å². The van der Waals surface area contributed by atoms with E-state index in [-0.39, 0.29) is 13.0 Å². The van der Waals surface area contributed by atoms with Crippen molar-refractivity contribution >= 4 is 10.1 Å². The molecule has 20 heavy (non-hydrogen) atoms. The second-order valence-corrected chi connectivity index (χ2v) is 7.17. The van der Waals surface area contributed by atoms with Crippen LogP contribution in [0.25, 0.3) is 0 Å². The van der Waals surface area contributed by atoms with E-state index in [0.717, 1.165) is 6.26 Å². The largest absolute Gasteiger partial charge is 0.384 e. The van der Waals surface area contributed by atoms with Crippen LogP contribution in [0.3, 0.4) is 0 Å². The molecule has 0 spiro atoms. The lowest BCUT2D eigenvalue weighted by molar-refractivity contribution is -0.231. The maximum Gasteiger partial charge on any atom is 0.264 e. The first-order chi connectivity index (χ1) is 9.07. The first kappa shape index (κ1) is 15.9. The Balaban J connectivity index is 2.17. The van der Waals surface area contributed by atoms with Crippen LogP contribution in [0.1, 0.15) is 20.3 Å². The fourth-order valence-corrected chi connectivity index (χ4v) is 2.85. The van der Waals surface area contributed by atoms with Crippen molar-refractivity contribution in [3.8, 4) is 0 Å². The Morgan fingerprint density at radius 1 is 1.40 bits per heavy atom. The Hall–Kier alpha value is -0.510. The molecule has 0 radical (unpaired) electrons. The van der Waals surface area contributed by atoms with Gasteiger partial charge in [-0.15, -0.1) is 6.58 Å². The zero-order valence-corrected chi connectivity index (χ0v) is 12.6. The van der Waals surface area contributed by atoms with Gasteiger partial charge in [-0.25, -0.2) is 0 Å². The summed E-state index contributed by atoms with van der Waals surface area (Å²) in [5.74, 6) is -0.868. The molecule has 0 unspecified atom stereocenters. The quantitative estimate of drug-likeness (QED) is 0.571. The molecule has 1 N–H and O–H groups in total. The van der Waals surface area contributed by atoms with Crippen molar-refractivity contribution < 1.29 is 31.9 Å². The second kappa shape index (κ2) is 5.04. The lowest BCUT2D eigenvalue weighted by Crippen LogP contribution is -2.50. The van der Waals surface area contributed by atoms with Crippen LogP contribution in [-0.2, 0) is 28.5 Å². The van der Waals surface area contributed by atoms with Crippen molar-refractivity contribution in [2.24, 2.45) is 0 Å². The highest BCUT2D eigenvalue weighted by atomic mass is 32.2. The molecule has 7 nitrogen and oxygen atoms in total. The molecule has 0 aromatic heterocycles. The number of ether oxygens (including phenoxy) is 3. The van der Waals surface area contributed by atoms with Gasteiger partial charge in [-0.2, -0.15) is 8.42 Å². The fraction of sp³-hybridized carbons (Fsp3) is 0.833. The monoisotopic (exact) mass is 308 g/mol. The second-order valence-electron chi connectivity index (χ2n) is 5.52. The molecule has 0 amide bonds. The van der Waals surface area contributed by atoms with Crippen LogP contribution in [0.4, 0.5) is 0 Å². The first-order valence-corrected chi connectivity index (χ1v) is 8.08. The summed E-state index contributed by atoms with van der Waals surface area (Å²) in [5, 5.41) is 10.8. The molecule has 2 rings (SSSR count). The van der Waals surface area contributed by atoms with E-state index >= 15 is 0 Å². The van der Waals surface area contributed by atoms with Crippen molar-refractivity contribution in [3.05, 3.63) is 12.7 Å². The van der Waals surface area contributed by atoms with Crippen molar-refractivity contribution in [3.63, 3.8) is 0 Å². The van der Waals surface area contributed by atoms with Gasteiger partial charge in [-0.3, -0.25) is 4.18 Å². The smallest absolute Gasteiger partial charge is 0.264 e. The molecule has 2 saturated heterocycles. The average molecular weight is 308 g/mol. The van der Waals surface area contributed by atoms with Gasteiger partial charge in [0.05, 0.1) is 12.9 Å². The Labute approximate surface area is 118 Å². The predicted molar refractivity (Wildman–Crippen MR) is 69.3 cm³/mol. The van der Waals surface area contributed by atoms with E-state index in [1.807, 2.05) is 0 Å². The van der Waals surface area contributed by atoms with E-state index in [1.165, 1.54) is 6.08 Å². The van der Waals surface area contributed by atoms with Crippen LogP contribution >= 0.6 is 0 Å². The molecule has 0 aromatic carbocycles. The fourth-order valence-electron chi connectivity index (χ4n) is 2.48. The number of rotatable bonds is 5. The SMILES string of the molecule is C=CC[C@@]1(O)[C@@H](COS(C)(=O)=O)O[C@@H]2OC(C)(C)O[C@@H]21. The topological polar surface area (TPSA) is 91.3 Å². The predicted octanol–water partition coefficient (Wildman–Crippen LogP) is 0.146. The Kier molecular flexibility index (Phi) is 4.00. The standard InChI is InChI=1S/C12H20O7S/c1-5-6-12(13)8(7-16-20(4,14)15)17-10-9(12)18-11(2,3)19-10/h5,8-10,13H,1,6-7H2,2-4H3/t8-,9+,10-,12-/m1/s1. The van der Waals surface area contributed by atoms with Gasteiger partial charge in [0.1, 0.15) is 17.8 Å². The number of hydrogen-bond acceptors (Lipinski definition) is 7. The summed E-state index contributed by atoms with van der Waals surface area (Å²) >= 11 is 0. The average Bonchev–Trinajstić information content (AvgIpc) is 2.69. The maximum atomic E-state index is 11.1. The summed E-state index contributed by atoms with van der Waals surface area (Å²) in [7, 11) is -3.62.